The van der Waals surface area contributed by atoms with E-state index in [1.165, 1.54) is 29.5 Å². The van der Waals surface area contributed by atoms with Crippen molar-refractivity contribution in [2.24, 2.45) is 0 Å². The maximum atomic E-state index is 4.55. The lowest BCUT2D eigenvalue weighted by Gasteiger charge is -2.11. The van der Waals surface area contributed by atoms with Gasteiger partial charge in [-0.05, 0) is 35.6 Å². The van der Waals surface area contributed by atoms with Gasteiger partial charge in [-0.25, -0.2) is 0 Å². The lowest BCUT2D eigenvalue weighted by atomic mass is 9.96. The van der Waals surface area contributed by atoms with Crippen LogP contribution in [0.2, 0.25) is 0 Å². The molecule has 0 saturated carbocycles. The fourth-order valence-corrected chi connectivity index (χ4v) is 2.35. The molecular formula is C16H18S. The summed E-state index contributed by atoms with van der Waals surface area (Å²) < 4.78 is 0. The second kappa shape index (κ2) is 5.92. The van der Waals surface area contributed by atoms with Crippen molar-refractivity contribution in [3.63, 3.8) is 0 Å². The molecule has 0 heterocycles. The van der Waals surface area contributed by atoms with E-state index in [0.717, 1.165) is 11.3 Å². The maximum Gasteiger partial charge on any atom is 0.0119 e. The van der Waals surface area contributed by atoms with Gasteiger partial charge in [0.25, 0.3) is 0 Å². The highest BCUT2D eigenvalue weighted by atomic mass is 32.1. The number of thiol groups is 1. The van der Waals surface area contributed by atoms with Crippen LogP contribution in [-0.2, 0) is 6.42 Å². The van der Waals surface area contributed by atoms with Gasteiger partial charge in [-0.3, -0.25) is 0 Å². The average Bonchev–Trinajstić information content (AvgIpc) is 2.37. The van der Waals surface area contributed by atoms with E-state index < -0.39 is 0 Å². The number of unbranched alkanes of at least 4 members (excludes halogenated alkanes) is 1. The molecule has 0 radical (unpaired) electrons. The van der Waals surface area contributed by atoms with Gasteiger partial charge < -0.3 is 0 Å². The molecule has 0 fully saturated rings. The first kappa shape index (κ1) is 12.3. The Morgan fingerprint density at radius 3 is 2.24 bits per heavy atom. The smallest absolute Gasteiger partial charge is 0.0119 e. The molecule has 0 aliphatic heterocycles. The number of rotatable bonds is 4. The van der Waals surface area contributed by atoms with Gasteiger partial charge in [0.15, 0.2) is 0 Å². The molecule has 88 valence electrons. The summed E-state index contributed by atoms with van der Waals surface area (Å²) in [5.74, 6) is 0. The zero-order valence-electron chi connectivity index (χ0n) is 10.2. The van der Waals surface area contributed by atoms with Crippen LogP contribution in [0.3, 0.4) is 0 Å². The SMILES string of the molecule is CCCCc1ccccc1-c1ccccc1S. The first-order valence-electron chi connectivity index (χ1n) is 6.19. The van der Waals surface area contributed by atoms with Gasteiger partial charge in [-0.2, -0.15) is 0 Å². The highest BCUT2D eigenvalue weighted by Crippen LogP contribution is 2.29. The van der Waals surface area contributed by atoms with Crippen molar-refractivity contribution in [1.82, 2.24) is 0 Å². The Bertz CT molecular complexity index is 488. The summed E-state index contributed by atoms with van der Waals surface area (Å²) in [5, 5.41) is 0. The van der Waals surface area contributed by atoms with E-state index in [9.17, 15) is 0 Å². The topological polar surface area (TPSA) is 0 Å². The fourth-order valence-electron chi connectivity index (χ4n) is 2.07. The highest BCUT2D eigenvalue weighted by Gasteiger charge is 2.06. The zero-order chi connectivity index (χ0) is 12.1. The molecule has 0 atom stereocenters. The molecule has 0 saturated heterocycles. The van der Waals surface area contributed by atoms with Gasteiger partial charge in [-0.1, -0.05) is 55.8 Å². The first-order chi connectivity index (χ1) is 8.33. The van der Waals surface area contributed by atoms with Crippen molar-refractivity contribution in [1.29, 1.82) is 0 Å². The van der Waals surface area contributed by atoms with Crippen LogP contribution >= 0.6 is 12.6 Å². The predicted molar refractivity (Wildman–Crippen MR) is 77.7 cm³/mol. The molecule has 0 spiro atoms. The quantitative estimate of drug-likeness (QED) is 0.718. The average molecular weight is 242 g/mol. The molecule has 0 N–H and O–H groups in total. The molecule has 0 bridgehead atoms. The molecular weight excluding hydrogens is 224 g/mol. The Morgan fingerprint density at radius 1 is 0.882 bits per heavy atom. The Hall–Kier alpha value is -1.21. The van der Waals surface area contributed by atoms with E-state index in [1.54, 1.807) is 0 Å². The van der Waals surface area contributed by atoms with Crippen LogP contribution in [0.5, 0.6) is 0 Å². The van der Waals surface area contributed by atoms with E-state index in [1.807, 2.05) is 6.07 Å². The Labute approximate surface area is 109 Å². The number of benzene rings is 2. The minimum absolute atomic E-state index is 1.05. The van der Waals surface area contributed by atoms with Gasteiger partial charge in [0.1, 0.15) is 0 Å². The molecule has 1 heteroatoms. The summed E-state index contributed by atoms with van der Waals surface area (Å²) in [6, 6.07) is 16.9. The van der Waals surface area contributed by atoms with Gasteiger partial charge in [0.2, 0.25) is 0 Å². The minimum Gasteiger partial charge on any atom is -0.143 e. The normalized spacial score (nSPS) is 10.5. The summed E-state index contributed by atoms with van der Waals surface area (Å²) in [6.45, 7) is 2.23. The van der Waals surface area contributed by atoms with Crippen molar-refractivity contribution in [3.05, 3.63) is 54.1 Å². The first-order valence-corrected chi connectivity index (χ1v) is 6.64. The Morgan fingerprint density at radius 2 is 1.53 bits per heavy atom. The summed E-state index contributed by atoms with van der Waals surface area (Å²) >= 11 is 4.55. The zero-order valence-corrected chi connectivity index (χ0v) is 11.1. The van der Waals surface area contributed by atoms with E-state index in [2.05, 4.69) is 62.0 Å². The van der Waals surface area contributed by atoms with Crippen LogP contribution < -0.4 is 0 Å². The molecule has 0 aromatic heterocycles. The lowest BCUT2D eigenvalue weighted by molar-refractivity contribution is 0.796. The lowest BCUT2D eigenvalue weighted by Crippen LogP contribution is -1.90. The third-order valence-corrected chi connectivity index (χ3v) is 3.40. The third kappa shape index (κ3) is 2.92. The molecule has 0 aliphatic rings. The maximum absolute atomic E-state index is 4.55. The molecule has 0 nitrogen and oxygen atoms in total. The Balaban J connectivity index is 2.41. The largest absolute Gasteiger partial charge is 0.143 e. The van der Waals surface area contributed by atoms with Crippen LogP contribution in [0.1, 0.15) is 25.3 Å². The van der Waals surface area contributed by atoms with Gasteiger partial charge in [0, 0.05) is 4.90 Å². The van der Waals surface area contributed by atoms with E-state index in [4.69, 9.17) is 0 Å². The van der Waals surface area contributed by atoms with Gasteiger partial charge in [0.05, 0.1) is 0 Å². The van der Waals surface area contributed by atoms with Crippen LogP contribution in [0.4, 0.5) is 0 Å². The van der Waals surface area contributed by atoms with Crippen molar-refractivity contribution in [2.75, 3.05) is 0 Å². The van der Waals surface area contributed by atoms with Crippen LogP contribution in [0.15, 0.2) is 53.4 Å². The summed E-state index contributed by atoms with van der Waals surface area (Å²) in [4.78, 5) is 1.05. The monoisotopic (exact) mass is 242 g/mol. The summed E-state index contributed by atoms with van der Waals surface area (Å²) in [7, 11) is 0. The van der Waals surface area contributed by atoms with Crippen molar-refractivity contribution in [2.45, 2.75) is 31.1 Å². The van der Waals surface area contributed by atoms with E-state index in [-0.39, 0.29) is 0 Å². The summed E-state index contributed by atoms with van der Waals surface area (Å²) in [6.07, 6.45) is 3.62. The molecule has 0 amide bonds. The molecule has 2 rings (SSSR count). The van der Waals surface area contributed by atoms with E-state index in [0.29, 0.717) is 0 Å². The number of aryl methyl sites for hydroxylation is 1. The second-order valence-corrected chi connectivity index (χ2v) is 4.76. The van der Waals surface area contributed by atoms with Crippen molar-refractivity contribution < 1.29 is 0 Å². The summed E-state index contributed by atoms with van der Waals surface area (Å²) in [5.41, 5.74) is 3.99. The molecule has 2 aromatic carbocycles. The van der Waals surface area contributed by atoms with Gasteiger partial charge >= 0.3 is 0 Å². The van der Waals surface area contributed by atoms with E-state index >= 15 is 0 Å². The predicted octanol–water partition coefficient (Wildman–Crippen LogP) is 4.98. The van der Waals surface area contributed by atoms with Crippen LogP contribution in [-0.4, -0.2) is 0 Å². The number of hydrogen-bond donors (Lipinski definition) is 1. The fraction of sp³-hybridized carbons (Fsp3) is 0.250. The third-order valence-electron chi connectivity index (χ3n) is 3.01. The number of hydrogen-bond acceptors (Lipinski definition) is 1. The van der Waals surface area contributed by atoms with Crippen LogP contribution in [0.25, 0.3) is 11.1 Å². The molecule has 2 aromatic rings. The molecule has 0 unspecified atom stereocenters. The Kier molecular flexibility index (Phi) is 4.27. The van der Waals surface area contributed by atoms with Crippen LogP contribution in [0, 0.1) is 0 Å². The molecule has 0 aliphatic carbocycles. The standard InChI is InChI=1S/C16H18S/c1-2-3-8-13-9-4-5-10-14(13)15-11-6-7-12-16(15)17/h4-7,9-12,17H,2-3,8H2,1H3. The van der Waals surface area contributed by atoms with Gasteiger partial charge in [-0.15, -0.1) is 12.6 Å². The minimum atomic E-state index is 1.05. The highest BCUT2D eigenvalue weighted by molar-refractivity contribution is 7.80. The van der Waals surface area contributed by atoms with Crippen molar-refractivity contribution in [3.8, 4) is 11.1 Å². The van der Waals surface area contributed by atoms with Crippen molar-refractivity contribution >= 4 is 12.6 Å². The molecule has 17 heavy (non-hydrogen) atoms. The second-order valence-electron chi connectivity index (χ2n) is 4.28.